The van der Waals surface area contributed by atoms with Gasteiger partial charge in [0.15, 0.2) is 0 Å². The number of nitrogen functional groups attached to an aromatic ring is 1. The average molecular weight is 246 g/mol. The Hall–Kier alpha value is -2.77. The second kappa shape index (κ2) is 4.62. The minimum Gasteiger partial charge on any atom is -0.378 e. The van der Waals surface area contributed by atoms with Gasteiger partial charge in [0.2, 0.25) is 11.6 Å². The topological polar surface area (TPSA) is 120 Å². The van der Waals surface area contributed by atoms with Gasteiger partial charge in [-0.2, -0.15) is 0 Å². The summed E-state index contributed by atoms with van der Waals surface area (Å²) in [5.41, 5.74) is 6.06. The lowest BCUT2D eigenvalue weighted by Gasteiger charge is -2.06. The van der Waals surface area contributed by atoms with Crippen molar-refractivity contribution in [1.29, 1.82) is 0 Å². The molecule has 0 aromatic carbocycles. The molecule has 3 N–H and O–H groups in total. The summed E-state index contributed by atoms with van der Waals surface area (Å²) in [7, 11) is 0. The van der Waals surface area contributed by atoms with Crippen molar-refractivity contribution in [3.05, 3.63) is 40.3 Å². The van der Waals surface area contributed by atoms with E-state index in [1.165, 1.54) is 0 Å². The molecule has 2 rings (SSSR count). The quantitative estimate of drug-likeness (QED) is 0.620. The van der Waals surface area contributed by atoms with Crippen LogP contribution < -0.4 is 11.1 Å². The minimum atomic E-state index is -0.631. The Labute approximate surface area is 102 Å². The van der Waals surface area contributed by atoms with E-state index in [9.17, 15) is 10.1 Å². The van der Waals surface area contributed by atoms with E-state index in [-0.39, 0.29) is 17.3 Å². The summed E-state index contributed by atoms with van der Waals surface area (Å²) in [4.78, 5) is 21.7. The second-order valence-corrected chi connectivity index (χ2v) is 3.56. The molecule has 2 aromatic heterocycles. The molecule has 8 heteroatoms. The lowest BCUT2D eigenvalue weighted by molar-refractivity contribution is -0.383. The molecule has 0 fully saturated rings. The highest BCUT2D eigenvalue weighted by molar-refractivity contribution is 5.71. The van der Waals surface area contributed by atoms with Gasteiger partial charge in [-0.1, -0.05) is 0 Å². The highest BCUT2D eigenvalue weighted by Gasteiger charge is 2.21. The van der Waals surface area contributed by atoms with E-state index in [0.717, 1.165) is 11.9 Å². The van der Waals surface area contributed by atoms with E-state index in [4.69, 9.17) is 5.73 Å². The molecule has 0 amide bonds. The Morgan fingerprint density at radius 1 is 1.39 bits per heavy atom. The number of hydrogen-bond acceptors (Lipinski definition) is 7. The van der Waals surface area contributed by atoms with E-state index >= 15 is 0 Å². The summed E-state index contributed by atoms with van der Waals surface area (Å²) >= 11 is 0. The van der Waals surface area contributed by atoms with Crippen molar-refractivity contribution in [2.45, 2.75) is 6.92 Å². The van der Waals surface area contributed by atoms with Crippen molar-refractivity contribution >= 4 is 23.1 Å². The predicted molar refractivity (Wildman–Crippen MR) is 65.4 cm³/mol. The van der Waals surface area contributed by atoms with Crippen LogP contribution in [0.5, 0.6) is 0 Å². The molecule has 18 heavy (non-hydrogen) atoms. The van der Waals surface area contributed by atoms with Crippen LogP contribution in [-0.4, -0.2) is 19.9 Å². The number of hydrogen-bond donors (Lipinski definition) is 2. The molecule has 0 atom stereocenters. The zero-order valence-electron chi connectivity index (χ0n) is 9.49. The van der Waals surface area contributed by atoms with Gasteiger partial charge in [0.05, 0.1) is 4.92 Å². The fourth-order valence-corrected chi connectivity index (χ4v) is 1.39. The normalized spacial score (nSPS) is 10.1. The Bertz CT molecular complexity index is 601. The summed E-state index contributed by atoms with van der Waals surface area (Å²) in [5.74, 6) is 0.284. The summed E-state index contributed by atoms with van der Waals surface area (Å²) < 4.78 is 0. The van der Waals surface area contributed by atoms with Gasteiger partial charge >= 0.3 is 5.69 Å². The second-order valence-electron chi connectivity index (χ2n) is 3.56. The molecule has 0 radical (unpaired) electrons. The van der Waals surface area contributed by atoms with Crippen LogP contribution in [0.1, 0.15) is 5.56 Å². The zero-order chi connectivity index (χ0) is 13.1. The van der Waals surface area contributed by atoms with E-state index in [0.29, 0.717) is 5.82 Å². The number of nitrogens with one attached hydrogen (secondary N) is 1. The molecule has 2 heterocycles. The first-order chi connectivity index (χ1) is 8.58. The summed E-state index contributed by atoms with van der Waals surface area (Å²) in [6.45, 7) is 1.88. The highest BCUT2D eigenvalue weighted by atomic mass is 16.6. The van der Waals surface area contributed by atoms with E-state index in [2.05, 4.69) is 20.3 Å². The van der Waals surface area contributed by atoms with E-state index in [1.807, 2.05) is 13.0 Å². The van der Waals surface area contributed by atoms with Crippen LogP contribution in [0.3, 0.4) is 0 Å². The van der Waals surface area contributed by atoms with Crippen molar-refractivity contribution in [2.75, 3.05) is 11.1 Å². The van der Waals surface area contributed by atoms with Gasteiger partial charge in [-0.3, -0.25) is 10.1 Å². The molecule has 0 saturated heterocycles. The van der Waals surface area contributed by atoms with E-state index < -0.39 is 4.92 Å². The van der Waals surface area contributed by atoms with Crippen molar-refractivity contribution in [3.63, 3.8) is 0 Å². The van der Waals surface area contributed by atoms with Crippen molar-refractivity contribution in [3.8, 4) is 0 Å². The summed E-state index contributed by atoms with van der Waals surface area (Å²) in [6, 6.07) is 3.55. The SMILES string of the molecule is Cc1ccnc(Nc2ncnc(N)c2[N+](=O)[O-])c1. The third-order valence-corrected chi connectivity index (χ3v) is 2.20. The average Bonchev–Trinajstić information content (AvgIpc) is 2.28. The minimum absolute atomic E-state index is 0.0191. The zero-order valence-corrected chi connectivity index (χ0v) is 9.49. The summed E-state index contributed by atoms with van der Waals surface area (Å²) in [5, 5.41) is 13.6. The fraction of sp³-hybridized carbons (Fsp3) is 0.100. The number of nitro groups is 1. The van der Waals surface area contributed by atoms with Crippen LogP contribution in [0.25, 0.3) is 0 Å². The van der Waals surface area contributed by atoms with Crippen LogP contribution in [0.2, 0.25) is 0 Å². The molecular weight excluding hydrogens is 236 g/mol. The maximum atomic E-state index is 10.9. The Balaban J connectivity index is 2.40. The van der Waals surface area contributed by atoms with Gasteiger partial charge in [-0.15, -0.1) is 0 Å². The Morgan fingerprint density at radius 2 is 2.17 bits per heavy atom. The van der Waals surface area contributed by atoms with Crippen LogP contribution in [0.15, 0.2) is 24.7 Å². The van der Waals surface area contributed by atoms with Gasteiger partial charge in [0.1, 0.15) is 12.1 Å². The van der Waals surface area contributed by atoms with Crippen LogP contribution in [-0.2, 0) is 0 Å². The standard InChI is InChI=1S/C10H10N6O2/c1-6-2-3-12-7(4-6)15-10-8(16(17)18)9(11)13-5-14-10/h2-5H,1H3,(H3,11,12,13,14,15). The number of anilines is 3. The monoisotopic (exact) mass is 246 g/mol. The smallest absolute Gasteiger partial charge is 0.353 e. The van der Waals surface area contributed by atoms with Crippen molar-refractivity contribution in [1.82, 2.24) is 15.0 Å². The molecule has 0 aliphatic rings. The molecule has 2 aromatic rings. The first-order valence-corrected chi connectivity index (χ1v) is 5.02. The van der Waals surface area contributed by atoms with Crippen LogP contribution in [0.4, 0.5) is 23.1 Å². The number of pyridine rings is 1. The maximum Gasteiger partial charge on any atom is 0.353 e. The third-order valence-electron chi connectivity index (χ3n) is 2.20. The molecular formula is C10H10N6O2. The largest absolute Gasteiger partial charge is 0.378 e. The van der Waals surface area contributed by atoms with E-state index in [1.54, 1.807) is 12.3 Å². The van der Waals surface area contributed by atoms with Gasteiger partial charge in [0.25, 0.3) is 0 Å². The lowest BCUT2D eigenvalue weighted by atomic mass is 10.3. The molecule has 0 aliphatic heterocycles. The predicted octanol–water partition coefficient (Wildman–Crippen LogP) is 1.41. The molecule has 0 saturated carbocycles. The third kappa shape index (κ3) is 2.32. The van der Waals surface area contributed by atoms with Gasteiger partial charge < -0.3 is 11.1 Å². The Kier molecular flexibility index (Phi) is 3.00. The molecule has 0 bridgehead atoms. The maximum absolute atomic E-state index is 10.9. The lowest BCUT2D eigenvalue weighted by Crippen LogP contribution is -2.05. The molecule has 0 aliphatic carbocycles. The van der Waals surface area contributed by atoms with Crippen LogP contribution in [0, 0.1) is 17.0 Å². The summed E-state index contributed by atoms with van der Waals surface area (Å²) in [6.07, 6.45) is 2.74. The molecule has 92 valence electrons. The number of aryl methyl sites for hydroxylation is 1. The molecule has 0 unspecified atom stereocenters. The van der Waals surface area contributed by atoms with Crippen LogP contribution >= 0.6 is 0 Å². The number of nitrogens with two attached hydrogens (primary N) is 1. The highest BCUT2D eigenvalue weighted by Crippen LogP contribution is 2.28. The first-order valence-electron chi connectivity index (χ1n) is 5.02. The van der Waals surface area contributed by atoms with Gasteiger partial charge in [-0.25, -0.2) is 15.0 Å². The number of aromatic nitrogens is 3. The van der Waals surface area contributed by atoms with Gasteiger partial charge in [-0.05, 0) is 24.6 Å². The number of rotatable bonds is 3. The van der Waals surface area contributed by atoms with Crippen molar-refractivity contribution < 1.29 is 4.92 Å². The fourth-order valence-electron chi connectivity index (χ4n) is 1.39. The molecule has 0 spiro atoms. The first kappa shape index (κ1) is 11.7. The molecule has 8 nitrogen and oxygen atoms in total. The van der Waals surface area contributed by atoms with Crippen molar-refractivity contribution in [2.24, 2.45) is 0 Å². The Morgan fingerprint density at radius 3 is 2.83 bits per heavy atom. The van der Waals surface area contributed by atoms with Gasteiger partial charge in [0, 0.05) is 6.20 Å². The number of nitrogens with zero attached hydrogens (tertiary/aromatic N) is 4.